The molecule has 0 unspecified atom stereocenters. The number of benzene rings is 1. The van der Waals surface area contributed by atoms with Crippen molar-refractivity contribution in [3.8, 4) is 5.75 Å². The zero-order valence-corrected chi connectivity index (χ0v) is 17.5. The summed E-state index contributed by atoms with van der Waals surface area (Å²) >= 11 is 0. The third-order valence-electron chi connectivity index (χ3n) is 7.40. The lowest BCUT2D eigenvalue weighted by molar-refractivity contribution is -0.688. The maximum atomic E-state index is 5.25. The number of hydrogen-bond donors (Lipinski definition) is 0. The minimum atomic E-state index is 0.517. The SMILES string of the molecule is COc1ccc(/C=C/c2cccc[n+]2C/C=C/C23CC4CC(CC(C4)C2)C3)cc1. The van der Waals surface area contributed by atoms with Gasteiger partial charge in [-0.25, -0.2) is 0 Å². The zero-order chi connectivity index (χ0) is 19.7. The lowest BCUT2D eigenvalue weighted by Gasteiger charge is -2.55. The molecular weight excluding hydrogens is 354 g/mol. The molecule has 0 aliphatic heterocycles. The number of rotatable bonds is 6. The maximum absolute atomic E-state index is 5.25. The van der Waals surface area contributed by atoms with Gasteiger partial charge in [-0.1, -0.05) is 18.2 Å². The van der Waals surface area contributed by atoms with Gasteiger partial charge in [0.05, 0.1) is 7.11 Å². The minimum absolute atomic E-state index is 0.517. The lowest BCUT2D eigenvalue weighted by atomic mass is 9.49. The van der Waals surface area contributed by atoms with Crippen LogP contribution in [0.1, 0.15) is 49.8 Å². The van der Waals surface area contributed by atoms with Crippen LogP contribution in [0.3, 0.4) is 0 Å². The van der Waals surface area contributed by atoms with Crippen LogP contribution in [-0.4, -0.2) is 7.11 Å². The van der Waals surface area contributed by atoms with Crippen LogP contribution in [0.4, 0.5) is 0 Å². The van der Waals surface area contributed by atoms with Gasteiger partial charge < -0.3 is 4.74 Å². The molecule has 6 rings (SSSR count). The van der Waals surface area contributed by atoms with Gasteiger partial charge in [-0.3, -0.25) is 0 Å². The number of pyridine rings is 1. The third-order valence-corrected chi connectivity index (χ3v) is 7.40. The van der Waals surface area contributed by atoms with Crippen molar-refractivity contribution in [2.75, 3.05) is 7.11 Å². The Hall–Kier alpha value is -2.35. The maximum Gasteiger partial charge on any atom is 0.205 e. The first kappa shape index (κ1) is 18.7. The molecule has 4 aliphatic carbocycles. The van der Waals surface area contributed by atoms with Crippen molar-refractivity contribution in [3.05, 3.63) is 72.1 Å². The molecule has 2 aromatic rings. The summed E-state index contributed by atoms with van der Waals surface area (Å²) in [5.41, 5.74) is 2.94. The second-order valence-corrected chi connectivity index (χ2v) is 9.57. The molecule has 150 valence electrons. The Bertz CT molecular complexity index is 873. The molecule has 1 aromatic carbocycles. The molecule has 0 atom stereocenters. The molecule has 4 fully saturated rings. The molecule has 2 heteroatoms. The summed E-state index contributed by atoms with van der Waals surface area (Å²) in [7, 11) is 1.70. The minimum Gasteiger partial charge on any atom is -0.497 e. The van der Waals surface area contributed by atoms with Crippen molar-refractivity contribution in [1.82, 2.24) is 0 Å². The second kappa shape index (κ2) is 7.82. The van der Waals surface area contributed by atoms with Crippen molar-refractivity contribution < 1.29 is 9.30 Å². The summed E-state index contributed by atoms with van der Waals surface area (Å²) in [4.78, 5) is 0. The highest BCUT2D eigenvalue weighted by Gasteiger charge is 2.49. The van der Waals surface area contributed by atoms with Crippen molar-refractivity contribution in [2.45, 2.75) is 45.1 Å². The monoisotopic (exact) mass is 386 g/mol. The van der Waals surface area contributed by atoms with Gasteiger partial charge in [0.15, 0.2) is 12.7 Å². The lowest BCUT2D eigenvalue weighted by Crippen LogP contribution is -2.45. The Morgan fingerprint density at radius 2 is 1.62 bits per heavy atom. The first-order valence-electron chi connectivity index (χ1n) is 11.2. The fraction of sp³-hybridized carbons (Fsp3) is 0.444. The molecule has 0 N–H and O–H groups in total. The van der Waals surface area contributed by atoms with Crippen LogP contribution in [0, 0.1) is 23.2 Å². The molecule has 1 aromatic heterocycles. The van der Waals surface area contributed by atoms with E-state index < -0.39 is 0 Å². The van der Waals surface area contributed by atoms with E-state index in [1.165, 1.54) is 49.8 Å². The average molecular weight is 387 g/mol. The van der Waals surface area contributed by atoms with Crippen molar-refractivity contribution in [2.24, 2.45) is 23.2 Å². The normalized spacial score (nSPS) is 30.4. The standard InChI is InChI=1S/C27H32NO/c1-29-26-10-7-21(8-11-26)6-9-25-5-2-3-13-28(25)14-4-12-27-18-22-15-23(19-27)17-24(16-22)20-27/h2-13,22-24H,14-20H2,1H3/q+1/b9-6+,12-4+. The fourth-order valence-electron chi connectivity index (χ4n) is 6.50. The quantitative estimate of drug-likeness (QED) is 0.443. The Morgan fingerprint density at radius 1 is 0.931 bits per heavy atom. The molecule has 4 saturated carbocycles. The summed E-state index contributed by atoms with van der Waals surface area (Å²) < 4.78 is 7.59. The van der Waals surface area contributed by atoms with E-state index in [4.69, 9.17) is 4.74 Å². The molecule has 2 nitrogen and oxygen atoms in total. The predicted octanol–water partition coefficient (Wildman–Crippen LogP) is 5.93. The molecule has 0 saturated heterocycles. The van der Waals surface area contributed by atoms with E-state index in [1.807, 2.05) is 12.1 Å². The Kier molecular flexibility index (Phi) is 5.03. The average Bonchev–Trinajstić information content (AvgIpc) is 2.72. The largest absolute Gasteiger partial charge is 0.497 e. The topological polar surface area (TPSA) is 13.1 Å². The van der Waals surface area contributed by atoms with Gasteiger partial charge >= 0.3 is 0 Å². The molecular formula is C27H32NO+. The van der Waals surface area contributed by atoms with Crippen LogP contribution >= 0.6 is 0 Å². The van der Waals surface area contributed by atoms with E-state index in [-0.39, 0.29) is 0 Å². The number of nitrogens with zero attached hydrogens (tertiary/aromatic N) is 1. The van der Waals surface area contributed by atoms with Gasteiger partial charge in [0.2, 0.25) is 5.69 Å². The van der Waals surface area contributed by atoms with Crippen LogP contribution in [0.15, 0.2) is 60.8 Å². The highest BCUT2D eigenvalue weighted by atomic mass is 16.5. The fourth-order valence-corrected chi connectivity index (χ4v) is 6.50. The van der Waals surface area contributed by atoms with Crippen molar-refractivity contribution >= 4 is 12.2 Å². The Labute approximate surface area is 174 Å². The van der Waals surface area contributed by atoms with E-state index in [9.17, 15) is 0 Å². The zero-order valence-electron chi connectivity index (χ0n) is 17.5. The summed E-state index contributed by atoms with van der Waals surface area (Å²) in [6, 6.07) is 14.6. The van der Waals surface area contributed by atoms with Gasteiger partial charge in [-0.15, -0.1) is 0 Å². The smallest absolute Gasteiger partial charge is 0.205 e. The highest BCUT2D eigenvalue weighted by Crippen LogP contribution is 2.60. The summed E-state index contributed by atoms with van der Waals surface area (Å²) in [5.74, 6) is 3.93. The van der Waals surface area contributed by atoms with Gasteiger partial charge in [0.25, 0.3) is 0 Å². The van der Waals surface area contributed by atoms with Gasteiger partial charge in [0.1, 0.15) is 5.75 Å². The molecule has 0 spiro atoms. The van der Waals surface area contributed by atoms with Crippen LogP contribution < -0.4 is 9.30 Å². The molecule has 4 bridgehead atoms. The van der Waals surface area contributed by atoms with Crippen LogP contribution in [0.25, 0.3) is 12.2 Å². The number of ether oxygens (including phenoxy) is 1. The predicted molar refractivity (Wildman–Crippen MR) is 118 cm³/mol. The second-order valence-electron chi connectivity index (χ2n) is 9.57. The van der Waals surface area contributed by atoms with E-state index >= 15 is 0 Å². The summed E-state index contributed by atoms with van der Waals surface area (Å²) in [5, 5.41) is 0. The molecule has 4 aliphatic rings. The molecule has 0 radical (unpaired) electrons. The van der Waals surface area contributed by atoms with Crippen LogP contribution in [0.2, 0.25) is 0 Å². The Balaban J connectivity index is 1.28. The molecule has 0 amide bonds. The first-order chi connectivity index (χ1) is 14.2. The third kappa shape index (κ3) is 4.03. The van der Waals surface area contributed by atoms with E-state index in [1.54, 1.807) is 7.11 Å². The van der Waals surface area contributed by atoms with Gasteiger partial charge in [0, 0.05) is 18.2 Å². The van der Waals surface area contributed by atoms with Crippen molar-refractivity contribution in [3.63, 3.8) is 0 Å². The van der Waals surface area contributed by atoms with E-state index in [0.717, 1.165) is 30.0 Å². The van der Waals surface area contributed by atoms with Crippen LogP contribution in [-0.2, 0) is 6.54 Å². The Morgan fingerprint density at radius 3 is 2.28 bits per heavy atom. The summed E-state index contributed by atoms with van der Waals surface area (Å²) in [6.45, 7) is 0.949. The van der Waals surface area contributed by atoms with Crippen molar-refractivity contribution in [1.29, 1.82) is 0 Å². The van der Waals surface area contributed by atoms with E-state index in [2.05, 4.69) is 65.4 Å². The number of hydrogen-bond acceptors (Lipinski definition) is 1. The molecule has 1 heterocycles. The number of aromatic nitrogens is 1. The first-order valence-corrected chi connectivity index (χ1v) is 11.2. The van der Waals surface area contributed by atoms with Gasteiger partial charge in [-0.05, 0) is 97.6 Å². The van der Waals surface area contributed by atoms with E-state index in [0.29, 0.717) is 5.41 Å². The molecule has 29 heavy (non-hydrogen) atoms. The highest BCUT2D eigenvalue weighted by molar-refractivity contribution is 5.67. The number of allylic oxidation sites excluding steroid dienone is 2. The van der Waals surface area contributed by atoms with Crippen LogP contribution in [0.5, 0.6) is 5.75 Å². The summed E-state index contributed by atoms with van der Waals surface area (Å²) in [6.07, 6.45) is 20.5. The van der Waals surface area contributed by atoms with Gasteiger partial charge in [-0.2, -0.15) is 4.57 Å². The number of methoxy groups -OCH3 is 1.